The van der Waals surface area contributed by atoms with Gasteiger partial charge in [0.05, 0.1) is 21.2 Å². The molecule has 0 N–H and O–H groups in total. The first-order chi connectivity index (χ1) is 14.6. The van der Waals surface area contributed by atoms with E-state index in [-0.39, 0.29) is 17.1 Å². The molecule has 0 radical (unpaired) electrons. The Hall–Kier alpha value is -3.54. The molecule has 0 aliphatic carbocycles. The average Bonchev–Trinajstić information content (AvgIpc) is 3.33. The Bertz CT molecular complexity index is 1390. The number of benzene rings is 1. The van der Waals surface area contributed by atoms with E-state index in [4.69, 9.17) is 0 Å². The van der Waals surface area contributed by atoms with Crippen molar-refractivity contribution in [1.82, 2.24) is 19.5 Å². The number of carbonyl (C=O) groups is 1. The summed E-state index contributed by atoms with van der Waals surface area (Å²) in [5.41, 5.74) is 1.37. The SMILES string of the molecule is CS(=O)(Cc1cn2ccc(-c3noc(C(F)(F)F)n3)cc2n1)=NC(=O)c1ccccc1. The summed E-state index contributed by atoms with van der Waals surface area (Å²) in [5.74, 6) is -2.34. The molecule has 160 valence electrons. The highest BCUT2D eigenvalue weighted by Gasteiger charge is 2.38. The summed E-state index contributed by atoms with van der Waals surface area (Å²) in [4.78, 5) is 19.9. The molecule has 31 heavy (non-hydrogen) atoms. The Morgan fingerprint density at radius 3 is 2.61 bits per heavy atom. The van der Waals surface area contributed by atoms with Crippen LogP contribution in [0.1, 0.15) is 21.9 Å². The molecule has 0 spiro atoms. The second-order valence-electron chi connectivity index (χ2n) is 6.70. The molecule has 0 saturated heterocycles. The van der Waals surface area contributed by atoms with Crippen LogP contribution in [-0.2, 0) is 21.7 Å². The van der Waals surface area contributed by atoms with Crippen molar-refractivity contribution in [3.8, 4) is 11.4 Å². The van der Waals surface area contributed by atoms with E-state index in [1.54, 1.807) is 47.1 Å². The molecule has 1 aromatic carbocycles. The van der Waals surface area contributed by atoms with E-state index in [1.807, 2.05) is 0 Å². The molecule has 0 bridgehead atoms. The summed E-state index contributed by atoms with van der Waals surface area (Å²) in [7, 11) is -2.92. The first kappa shape index (κ1) is 20.7. The molecule has 0 aliphatic heterocycles. The monoisotopic (exact) mass is 449 g/mol. The molecule has 8 nitrogen and oxygen atoms in total. The fourth-order valence-electron chi connectivity index (χ4n) is 2.81. The zero-order valence-electron chi connectivity index (χ0n) is 15.9. The van der Waals surface area contributed by atoms with Crippen molar-refractivity contribution in [2.75, 3.05) is 6.26 Å². The Morgan fingerprint density at radius 2 is 1.94 bits per heavy atom. The van der Waals surface area contributed by atoms with Gasteiger partial charge in [-0.15, -0.1) is 0 Å². The number of nitrogens with zero attached hydrogens (tertiary/aromatic N) is 5. The second-order valence-corrected chi connectivity index (χ2v) is 9.09. The minimum atomic E-state index is -4.74. The molecule has 3 heterocycles. The van der Waals surface area contributed by atoms with Gasteiger partial charge >= 0.3 is 12.1 Å². The number of hydrogen-bond donors (Lipinski definition) is 0. The average molecular weight is 449 g/mol. The van der Waals surface area contributed by atoms with Crippen molar-refractivity contribution in [1.29, 1.82) is 0 Å². The summed E-state index contributed by atoms with van der Waals surface area (Å²) in [6, 6.07) is 11.2. The lowest BCUT2D eigenvalue weighted by atomic mass is 10.2. The van der Waals surface area contributed by atoms with Crippen LogP contribution in [0.2, 0.25) is 0 Å². The summed E-state index contributed by atoms with van der Waals surface area (Å²) >= 11 is 0. The van der Waals surface area contributed by atoms with E-state index < -0.39 is 27.7 Å². The number of halogens is 3. The van der Waals surface area contributed by atoms with Crippen LogP contribution in [-0.4, -0.2) is 35.9 Å². The number of amides is 1. The highest BCUT2D eigenvalue weighted by molar-refractivity contribution is 7.92. The number of alkyl halides is 3. The van der Waals surface area contributed by atoms with Crippen LogP contribution in [0, 0.1) is 0 Å². The zero-order valence-corrected chi connectivity index (χ0v) is 16.7. The predicted molar refractivity (Wildman–Crippen MR) is 104 cm³/mol. The van der Waals surface area contributed by atoms with E-state index in [1.165, 1.54) is 18.4 Å². The molecule has 4 rings (SSSR count). The molecule has 3 aromatic heterocycles. The maximum absolute atomic E-state index is 12.8. The van der Waals surface area contributed by atoms with E-state index >= 15 is 0 Å². The Balaban J connectivity index is 1.60. The van der Waals surface area contributed by atoms with Gasteiger partial charge in [0.2, 0.25) is 5.82 Å². The van der Waals surface area contributed by atoms with Gasteiger partial charge in [0.25, 0.3) is 5.91 Å². The van der Waals surface area contributed by atoms with Crippen LogP contribution >= 0.6 is 0 Å². The van der Waals surface area contributed by atoms with Crippen molar-refractivity contribution >= 4 is 21.3 Å². The lowest BCUT2D eigenvalue weighted by molar-refractivity contribution is -0.159. The van der Waals surface area contributed by atoms with Gasteiger partial charge in [-0.25, -0.2) is 9.19 Å². The van der Waals surface area contributed by atoms with Gasteiger partial charge in [-0.2, -0.15) is 22.5 Å². The van der Waals surface area contributed by atoms with Gasteiger partial charge in [0, 0.05) is 29.8 Å². The van der Waals surface area contributed by atoms with Crippen LogP contribution in [0.25, 0.3) is 17.0 Å². The Labute approximate surface area is 173 Å². The van der Waals surface area contributed by atoms with Crippen LogP contribution in [0.5, 0.6) is 0 Å². The molecule has 1 atom stereocenters. The van der Waals surface area contributed by atoms with Crippen molar-refractivity contribution in [3.63, 3.8) is 0 Å². The normalized spacial score (nSPS) is 13.8. The third-order valence-electron chi connectivity index (χ3n) is 4.15. The molecule has 0 aliphatic rings. The topological polar surface area (TPSA) is 103 Å². The first-order valence-electron chi connectivity index (χ1n) is 8.79. The van der Waals surface area contributed by atoms with Gasteiger partial charge in [-0.05, 0) is 24.3 Å². The van der Waals surface area contributed by atoms with E-state index in [9.17, 15) is 22.2 Å². The van der Waals surface area contributed by atoms with Gasteiger partial charge in [0.15, 0.2) is 0 Å². The van der Waals surface area contributed by atoms with Crippen molar-refractivity contribution < 1.29 is 26.7 Å². The Kier molecular flexibility index (Phi) is 5.09. The predicted octanol–water partition coefficient (Wildman–Crippen LogP) is 3.84. The largest absolute Gasteiger partial charge is 0.471 e. The minimum Gasteiger partial charge on any atom is -0.329 e. The smallest absolute Gasteiger partial charge is 0.329 e. The first-order valence-corrected chi connectivity index (χ1v) is 10.9. The number of hydrogen-bond acceptors (Lipinski definition) is 6. The van der Waals surface area contributed by atoms with Crippen LogP contribution < -0.4 is 0 Å². The highest BCUT2D eigenvalue weighted by atomic mass is 32.2. The minimum absolute atomic E-state index is 0.0803. The van der Waals surface area contributed by atoms with Gasteiger partial charge < -0.3 is 8.92 Å². The fourth-order valence-corrected chi connectivity index (χ4v) is 4.02. The lowest BCUT2D eigenvalue weighted by Crippen LogP contribution is -2.06. The van der Waals surface area contributed by atoms with Crippen LogP contribution in [0.3, 0.4) is 0 Å². The maximum atomic E-state index is 12.8. The Morgan fingerprint density at radius 1 is 1.19 bits per heavy atom. The lowest BCUT2D eigenvalue weighted by Gasteiger charge is -2.01. The van der Waals surface area contributed by atoms with Gasteiger partial charge in [-0.1, -0.05) is 23.4 Å². The fraction of sp³-hybridized carbons (Fsp3) is 0.158. The summed E-state index contributed by atoms with van der Waals surface area (Å²) < 4.78 is 60.5. The van der Waals surface area contributed by atoms with Crippen LogP contribution in [0.4, 0.5) is 13.2 Å². The van der Waals surface area contributed by atoms with Crippen LogP contribution in [0.15, 0.2) is 63.7 Å². The van der Waals surface area contributed by atoms with E-state index in [2.05, 4.69) is 24.0 Å². The third-order valence-corrected chi connectivity index (χ3v) is 5.53. The quantitative estimate of drug-likeness (QED) is 0.469. The number of rotatable bonds is 4. The molecule has 1 unspecified atom stereocenters. The number of carbonyl (C=O) groups excluding carboxylic acids is 1. The highest BCUT2D eigenvalue weighted by Crippen LogP contribution is 2.29. The van der Waals surface area contributed by atoms with Crippen molar-refractivity contribution in [2.45, 2.75) is 11.9 Å². The van der Waals surface area contributed by atoms with E-state index in [0.29, 0.717) is 16.9 Å². The second kappa shape index (κ2) is 7.61. The number of fused-ring (bicyclic) bond motifs is 1. The van der Waals surface area contributed by atoms with Crippen molar-refractivity contribution in [2.24, 2.45) is 4.36 Å². The number of pyridine rings is 1. The molecule has 12 heteroatoms. The summed E-state index contributed by atoms with van der Waals surface area (Å²) in [6.07, 6.45) is -0.226. The molecular formula is C19H14F3N5O3S. The standard InChI is InChI=1S/C19H14F3N5O3S/c1-31(29,26-17(28)12-5-3-2-4-6-12)11-14-10-27-8-7-13(9-15(27)23-14)16-24-18(30-25-16)19(20,21)22/h2-10H,11H2,1H3. The number of aromatic nitrogens is 4. The number of imidazole rings is 1. The molecule has 0 fully saturated rings. The summed E-state index contributed by atoms with van der Waals surface area (Å²) in [6.45, 7) is 0. The van der Waals surface area contributed by atoms with Gasteiger partial charge in [-0.3, -0.25) is 4.79 Å². The molecular weight excluding hydrogens is 435 g/mol. The molecule has 4 aromatic rings. The summed E-state index contributed by atoms with van der Waals surface area (Å²) in [5, 5.41) is 3.35. The maximum Gasteiger partial charge on any atom is 0.471 e. The third kappa shape index (κ3) is 4.63. The zero-order chi connectivity index (χ0) is 22.2. The van der Waals surface area contributed by atoms with Gasteiger partial charge in [0.1, 0.15) is 5.65 Å². The molecule has 0 saturated carbocycles. The van der Waals surface area contributed by atoms with Crippen molar-refractivity contribution in [3.05, 3.63) is 72.0 Å². The van der Waals surface area contributed by atoms with E-state index in [0.717, 1.165) is 0 Å². The molecule has 1 amide bonds.